The van der Waals surface area contributed by atoms with Crippen molar-refractivity contribution in [1.82, 2.24) is 5.32 Å². The van der Waals surface area contributed by atoms with E-state index in [2.05, 4.69) is 38.2 Å². The minimum Gasteiger partial charge on any atom is -0.496 e. The van der Waals surface area contributed by atoms with E-state index in [1.165, 1.54) is 5.56 Å². The molecule has 19 heavy (non-hydrogen) atoms. The topological polar surface area (TPSA) is 34.4 Å². The molecule has 1 aromatic carbocycles. The minimum atomic E-state index is 0.159. The maximum absolute atomic E-state index is 5.42. The first-order valence-corrected chi connectivity index (χ1v) is 6.58. The molecule has 3 heteroatoms. The van der Waals surface area contributed by atoms with Crippen molar-refractivity contribution in [1.29, 1.82) is 0 Å². The zero-order valence-corrected chi connectivity index (χ0v) is 12.0. The van der Waals surface area contributed by atoms with Gasteiger partial charge in [-0.05, 0) is 43.1 Å². The van der Waals surface area contributed by atoms with E-state index < -0.39 is 0 Å². The fourth-order valence-electron chi connectivity index (χ4n) is 2.54. The van der Waals surface area contributed by atoms with E-state index in [4.69, 9.17) is 9.15 Å². The van der Waals surface area contributed by atoms with Crippen LogP contribution in [0.2, 0.25) is 0 Å². The number of ether oxygens (including phenoxy) is 1. The predicted octanol–water partition coefficient (Wildman–Crippen LogP) is 3.60. The number of rotatable bonds is 5. The van der Waals surface area contributed by atoms with E-state index in [0.29, 0.717) is 0 Å². The standard InChI is InChI=1S/C16H21NO2/c1-5-17-15(13-6-7-19-10-13)14-8-11(2)16(18-4)12(3)9-14/h6-10,15,17H,5H2,1-4H3. The van der Waals surface area contributed by atoms with Crippen molar-refractivity contribution in [3.05, 3.63) is 53.0 Å². The van der Waals surface area contributed by atoms with Gasteiger partial charge in [0.15, 0.2) is 0 Å². The molecule has 102 valence electrons. The van der Waals surface area contributed by atoms with Crippen LogP contribution in [0.15, 0.2) is 35.1 Å². The number of furan rings is 1. The van der Waals surface area contributed by atoms with Gasteiger partial charge in [0, 0.05) is 5.56 Å². The molecule has 0 saturated heterocycles. The largest absolute Gasteiger partial charge is 0.496 e. The lowest BCUT2D eigenvalue weighted by Crippen LogP contribution is -2.21. The fourth-order valence-corrected chi connectivity index (χ4v) is 2.54. The Kier molecular flexibility index (Phi) is 4.27. The van der Waals surface area contributed by atoms with Crippen LogP contribution in [0.4, 0.5) is 0 Å². The van der Waals surface area contributed by atoms with Gasteiger partial charge in [0.2, 0.25) is 0 Å². The number of aryl methyl sites for hydroxylation is 2. The number of hydrogen-bond acceptors (Lipinski definition) is 3. The highest BCUT2D eigenvalue weighted by Crippen LogP contribution is 2.30. The zero-order chi connectivity index (χ0) is 13.8. The van der Waals surface area contributed by atoms with Crippen molar-refractivity contribution in [3.63, 3.8) is 0 Å². The molecule has 0 aliphatic carbocycles. The van der Waals surface area contributed by atoms with Crippen molar-refractivity contribution >= 4 is 0 Å². The van der Waals surface area contributed by atoms with Crippen LogP contribution < -0.4 is 10.1 Å². The van der Waals surface area contributed by atoms with Crippen LogP contribution in [-0.4, -0.2) is 13.7 Å². The summed E-state index contributed by atoms with van der Waals surface area (Å²) in [6.45, 7) is 7.16. The van der Waals surface area contributed by atoms with Gasteiger partial charge in [-0.25, -0.2) is 0 Å². The Labute approximate surface area is 114 Å². The third kappa shape index (κ3) is 2.82. The van der Waals surface area contributed by atoms with Crippen LogP contribution in [0, 0.1) is 13.8 Å². The average molecular weight is 259 g/mol. The molecule has 0 aliphatic heterocycles. The van der Waals surface area contributed by atoms with Gasteiger partial charge in [-0.15, -0.1) is 0 Å². The minimum absolute atomic E-state index is 0.159. The Balaban J connectivity index is 2.43. The van der Waals surface area contributed by atoms with Gasteiger partial charge in [-0.1, -0.05) is 19.1 Å². The second-order valence-electron chi connectivity index (χ2n) is 4.74. The van der Waals surface area contributed by atoms with Crippen LogP contribution in [0.3, 0.4) is 0 Å². The van der Waals surface area contributed by atoms with Gasteiger partial charge in [-0.3, -0.25) is 0 Å². The van der Waals surface area contributed by atoms with Gasteiger partial charge in [0.1, 0.15) is 5.75 Å². The summed E-state index contributed by atoms with van der Waals surface area (Å²) in [6, 6.07) is 6.51. The zero-order valence-electron chi connectivity index (χ0n) is 12.0. The van der Waals surface area contributed by atoms with Crippen molar-refractivity contribution in [2.45, 2.75) is 26.8 Å². The summed E-state index contributed by atoms with van der Waals surface area (Å²) in [5, 5.41) is 3.49. The van der Waals surface area contributed by atoms with Crippen molar-refractivity contribution in [2.75, 3.05) is 13.7 Å². The van der Waals surface area contributed by atoms with E-state index in [-0.39, 0.29) is 6.04 Å². The summed E-state index contributed by atoms with van der Waals surface area (Å²) in [7, 11) is 1.72. The second kappa shape index (κ2) is 5.93. The fraction of sp³-hybridized carbons (Fsp3) is 0.375. The number of methoxy groups -OCH3 is 1. The smallest absolute Gasteiger partial charge is 0.124 e. The highest BCUT2D eigenvalue weighted by Gasteiger charge is 2.16. The highest BCUT2D eigenvalue weighted by molar-refractivity contribution is 5.46. The first-order valence-electron chi connectivity index (χ1n) is 6.58. The SMILES string of the molecule is CCNC(c1ccoc1)c1cc(C)c(OC)c(C)c1. The number of nitrogens with one attached hydrogen (secondary N) is 1. The molecular formula is C16H21NO2. The molecule has 0 radical (unpaired) electrons. The maximum Gasteiger partial charge on any atom is 0.124 e. The summed E-state index contributed by atoms with van der Waals surface area (Å²) >= 11 is 0. The summed E-state index contributed by atoms with van der Waals surface area (Å²) in [6.07, 6.45) is 3.51. The second-order valence-corrected chi connectivity index (χ2v) is 4.74. The molecule has 0 saturated carbocycles. The van der Waals surface area contributed by atoms with Crippen LogP contribution in [0.1, 0.15) is 35.2 Å². The summed E-state index contributed by atoms with van der Waals surface area (Å²) in [5.74, 6) is 0.964. The molecule has 0 aliphatic rings. The Morgan fingerprint density at radius 3 is 2.37 bits per heavy atom. The molecule has 1 heterocycles. The Bertz CT molecular complexity index is 509. The number of benzene rings is 1. The molecule has 1 atom stereocenters. The van der Waals surface area contributed by atoms with Crippen LogP contribution in [0.25, 0.3) is 0 Å². The molecule has 0 fully saturated rings. The molecular weight excluding hydrogens is 238 g/mol. The molecule has 0 spiro atoms. The predicted molar refractivity (Wildman–Crippen MR) is 76.7 cm³/mol. The van der Waals surface area contributed by atoms with Crippen molar-refractivity contribution < 1.29 is 9.15 Å². The van der Waals surface area contributed by atoms with Crippen LogP contribution >= 0.6 is 0 Å². The lowest BCUT2D eigenvalue weighted by Gasteiger charge is -2.19. The third-order valence-electron chi connectivity index (χ3n) is 3.30. The average Bonchev–Trinajstić information content (AvgIpc) is 2.89. The van der Waals surface area contributed by atoms with E-state index in [1.54, 1.807) is 19.6 Å². The van der Waals surface area contributed by atoms with Gasteiger partial charge in [0.05, 0.1) is 25.7 Å². The van der Waals surface area contributed by atoms with E-state index in [1.807, 2.05) is 6.07 Å². The molecule has 1 N–H and O–H groups in total. The van der Waals surface area contributed by atoms with Gasteiger partial charge < -0.3 is 14.5 Å². The van der Waals surface area contributed by atoms with E-state index in [0.717, 1.165) is 29.0 Å². The van der Waals surface area contributed by atoms with Gasteiger partial charge in [-0.2, -0.15) is 0 Å². The van der Waals surface area contributed by atoms with Gasteiger partial charge >= 0.3 is 0 Å². The Hall–Kier alpha value is -1.74. The van der Waals surface area contributed by atoms with Crippen molar-refractivity contribution in [3.8, 4) is 5.75 Å². The Morgan fingerprint density at radius 1 is 1.21 bits per heavy atom. The molecule has 0 bridgehead atoms. The third-order valence-corrected chi connectivity index (χ3v) is 3.30. The Morgan fingerprint density at radius 2 is 1.89 bits per heavy atom. The maximum atomic E-state index is 5.42. The quantitative estimate of drug-likeness (QED) is 0.890. The molecule has 2 aromatic rings. The first kappa shape index (κ1) is 13.7. The highest BCUT2D eigenvalue weighted by atomic mass is 16.5. The summed E-state index contributed by atoms with van der Waals surface area (Å²) in [4.78, 5) is 0. The summed E-state index contributed by atoms with van der Waals surface area (Å²) < 4.78 is 10.6. The molecule has 1 aromatic heterocycles. The van der Waals surface area contributed by atoms with Crippen LogP contribution in [-0.2, 0) is 0 Å². The lowest BCUT2D eigenvalue weighted by molar-refractivity contribution is 0.408. The lowest BCUT2D eigenvalue weighted by atomic mass is 9.96. The van der Waals surface area contributed by atoms with Crippen molar-refractivity contribution in [2.24, 2.45) is 0 Å². The number of hydrogen-bond donors (Lipinski definition) is 1. The summed E-state index contributed by atoms with van der Waals surface area (Å²) in [5.41, 5.74) is 4.69. The molecule has 1 unspecified atom stereocenters. The molecule has 0 amide bonds. The first-order chi connectivity index (χ1) is 9.17. The van der Waals surface area contributed by atoms with Gasteiger partial charge in [0.25, 0.3) is 0 Å². The molecule has 2 rings (SSSR count). The molecule has 3 nitrogen and oxygen atoms in total. The van der Waals surface area contributed by atoms with E-state index >= 15 is 0 Å². The van der Waals surface area contributed by atoms with Crippen LogP contribution in [0.5, 0.6) is 5.75 Å². The normalized spacial score (nSPS) is 12.4. The monoisotopic (exact) mass is 259 g/mol. The van der Waals surface area contributed by atoms with E-state index in [9.17, 15) is 0 Å².